The first-order chi connectivity index (χ1) is 19.3. The van der Waals surface area contributed by atoms with Crippen molar-refractivity contribution < 1.29 is 23.8 Å². The maximum atomic E-state index is 14.2. The first-order valence-corrected chi connectivity index (χ1v) is 13.2. The summed E-state index contributed by atoms with van der Waals surface area (Å²) >= 11 is 6.42. The zero-order chi connectivity index (χ0) is 28.0. The Morgan fingerprint density at radius 2 is 1.98 bits per heavy atom. The number of hydrogen-bond acceptors (Lipinski definition) is 9. The highest BCUT2D eigenvalue weighted by Gasteiger charge is 2.37. The second kappa shape index (κ2) is 10.5. The van der Waals surface area contributed by atoms with Crippen LogP contribution in [-0.2, 0) is 9.53 Å². The third kappa shape index (κ3) is 4.89. The van der Waals surface area contributed by atoms with Gasteiger partial charge in [0.2, 0.25) is 5.95 Å². The molecule has 208 valence electrons. The minimum Gasteiger partial charge on any atom is -0.494 e. The second-order valence-corrected chi connectivity index (χ2v) is 10.2. The molecule has 2 aliphatic heterocycles. The van der Waals surface area contributed by atoms with Crippen LogP contribution >= 0.6 is 11.6 Å². The fourth-order valence-electron chi connectivity index (χ4n) is 5.21. The van der Waals surface area contributed by atoms with Crippen molar-refractivity contribution >= 4 is 40.5 Å². The van der Waals surface area contributed by atoms with Gasteiger partial charge < -0.3 is 29.7 Å². The number of imidazole rings is 1. The minimum absolute atomic E-state index is 0.159. The van der Waals surface area contributed by atoms with E-state index in [1.807, 2.05) is 18.2 Å². The van der Waals surface area contributed by atoms with Crippen molar-refractivity contribution in [3.8, 4) is 17.1 Å². The molecule has 2 aliphatic rings. The average molecular weight is 568 g/mol. The van der Waals surface area contributed by atoms with Crippen molar-refractivity contribution in [2.75, 3.05) is 43.5 Å². The number of pyridine rings is 1. The van der Waals surface area contributed by atoms with Gasteiger partial charge in [0.05, 0.1) is 48.1 Å². The Labute approximate surface area is 234 Å². The van der Waals surface area contributed by atoms with Gasteiger partial charge >= 0.3 is 0 Å². The molecule has 0 saturated carbocycles. The van der Waals surface area contributed by atoms with E-state index in [0.29, 0.717) is 54.0 Å². The number of benzene rings is 1. The normalized spacial score (nSPS) is 19.5. The third-order valence-electron chi connectivity index (χ3n) is 7.02. The van der Waals surface area contributed by atoms with E-state index in [4.69, 9.17) is 21.1 Å². The molecule has 5 heterocycles. The van der Waals surface area contributed by atoms with Crippen LogP contribution in [0.3, 0.4) is 0 Å². The molecule has 1 aromatic carbocycles. The molecule has 0 spiro atoms. The molecule has 0 radical (unpaired) electrons. The summed E-state index contributed by atoms with van der Waals surface area (Å²) in [6, 6.07) is 8.69. The number of ether oxygens (including phenoxy) is 2. The van der Waals surface area contributed by atoms with Gasteiger partial charge in [-0.1, -0.05) is 11.6 Å². The molecule has 2 fully saturated rings. The summed E-state index contributed by atoms with van der Waals surface area (Å²) in [5.74, 6) is 0.138. The van der Waals surface area contributed by atoms with E-state index in [9.17, 15) is 14.3 Å². The molecular formula is C27H27ClFN7O4. The number of carbonyl (C=O) groups is 1. The third-order valence-corrected chi connectivity index (χ3v) is 7.30. The Kier molecular flexibility index (Phi) is 6.90. The molecule has 4 aromatic rings. The van der Waals surface area contributed by atoms with E-state index in [-0.39, 0.29) is 29.7 Å². The monoisotopic (exact) mass is 567 g/mol. The smallest absolute Gasteiger partial charge is 0.251 e. The van der Waals surface area contributed by atoms with E-state index >= 15 is 0 Å². The largest absolute Gasteiger partial charge is 0.494 e. The number of aliphatic hydroxyl groups excluding tert-OH is 1. The first-order valence-electron chi connectivity index (χ1n) is 12.8. The molecule has 0 aliphatic carbocycles. The van der Waals surface area contributed by atoms with Crippen LogP contribution in [0.5, 0.6) is 5.75 Å². The number of carbonyl (C=O) groups excluding carboxylic acids is 1. The van der Waals surface area contributed by atoms with Gasteiger partial charge in [0.1, 0.15) is 17.5 Å². The lowest BCUT2D eigenvalue weighted by molar-refractivity contribution is -0.154. The summed E-state index contributed by atoms with van der Waals surface area (Å²) in [5.41, 5.74) is 2.69. The van der Waals surface area contributed by atoms with Gasteiger partial charge in [-0.3, -0.25) is 9.20 Å². The molecule has 13 heteroatoms. The number of nitrogens with one attached hydrogen (secondary N) is 1. The highest BCUT2D eigenvalue weighted by Crippen LogP contribution is 2.34. The molecule has 3 unspecified atom stereocenters. The van der Waals surface area contributed by atoms with Gasteiger partial charge in [-0.15, -0.1) is 0 Å². The topological polar surface area (TPSA) is 117 Å². The van der Waals surface area contributed by atoms with Crippen LogP contribution < -0.4 is 15.0 Å². The van der Waals surface area contributed by atoms with Crippen LogP contribution in [0, 0.1) is 5.82 Å². The average Bonchev–Trinajstić information content (AvgIpc) is 3.38. The highest BCUT2D eigenvalue weighted by atomic mass is 35.5. The number of rotatable bonds is 6. The number of halogens is 2. The summed E-state index contributed by atoms with van der Waals surface area (Å²) < 4.78 is 27.5. The number of hydrogen-bond donors (Lipinski definition) is 2. The lowest BCUT2D eigenvalue weighted by Gasteiger charge is -2.46. The lowest BCUT2D eigenvalue weighted by atomic mass is 10.1. The molecule has 6 rings (SSSR count). The van der Waals surface area contributed by atoms with Crippen molar-refractivity contribution in [1.82, 2.24) is 24.3 Å². The van der Waals surface area contributed by atoms with Crippen molar-refractivity contribution in [3.63, 3.8) is 0 Å². The van der Waals surface area contributed by atoms with E-state index in [1.54, 1.807) is 28.7 Å². The second-order valence-electron chi connectivity index (χ2n) is 9.80. The van der Waals surface area contributed by atoms with Crippen LogP contribution in [0.1, 0.15) is 6.92 Å². The van der Waals surface area contributed by atoms with Crippen molar-refractivity contribution in [2.24, 2.45) is 0 Å². The van der Waals surface area contributed by atoms with Gasteiger partial charge in [0, 0.05) is 44.1 Å². The summed E-state index contributed by atoms with van der Waals surface area (Å²) in [7, 11) is 1.58. The molecular weight excluding hydrogens is 541 g/mol. The van der Waals surface area contributed by atoms with Gasteiger partial charge in [0.15, 0.2) is 11.5 Å². The van der Waals surface area contributed by atoms with Crippen LogP contribution in [-0.4, -0.2) is 86.9 Å². The molecule has 11 nitrogen and oxygen atoms in total. The van der Waals surface area contributed by atoms with E-state index in [1.165, 1.54) is 25.4 Å². The number of fused-ring (bicyclic) bond motifs is 3. The predicted molar refractivity (Wildman–Crippen MR) is 147 cm³/mol. The Morgan fingerprint density at radius 1 is 1.20 bits per heavy atom. The summed E-state index contributed by atoms with van der Waals surface area (Å²) in [4.78, 5) is 29.2. The lowest BCUT2D eigenvalue weighted by Crippen LogP contribution is -2.61. The van der Waals surface area contributed by atoms with Crippen molar-refractivity contribution in [3.05, 3.63) is 59.8 Å². The Morgan fingerprint density at radius 3 is 2.70 bits per heavy atom. The van der Waals surface area contributed by atoms with E-state index in [0.717, 1.165) is 5.69 Å². The molecule has 2 N–H and O–H groups in total. The van der Waals surface area contributed by atoms with E-state index < -0.39 is 11.9 Å². The fraction of sp³-hybridized carbons (Fsp3) is 0.333. The number of aliphatic hydroxyl groups is 1. The molecule has 3 aromatic heterocycles. The standard InChI is InChI=1S/C27H27ClFN7O4/c1-15(37)26(38)35-13-17-11-34(12-18(14-35)40-17)16-5-6-21(23(8-16)39-2)32-27-31-9-19(28)24(33-27)22-10-30-25-20(29)4-3-7-36(22)25/h3-10,15,17-18,37H,11-14H2,1-2H3,(H,31,32,33). The fourth-order valence-corrected chi connectivity index (χ4v) is 5.39. The first kappa shape index (κ1) is 26.2. The van der Waals surface area contributed by atoms with Crippen molar-refractivity contribution in [1.29, 1.82) is 0 Å². The number of nitrogens with zero attached hydrogens (tertiary/aromatic N) is 6. The Hall–Kier alpha value is -4.00. The van der Waals surface area contributed by atoms with Crippen molar-refractivity contribution in [2.45, 2.75) is 25.2 Å². The predicted octanol–water partition coefficient (Wildman–Crippen LogP) is 3.13. The van der Waals surface area contributed by atoms with E-state index in [2.05, 4.69) is 25.2 Å². The maximum absolute atomic E-state index is 14.2. The zero-order valence-electron chi connectivity index (χ0n) is 21.8. The highest BCUT2D eigenvalue weighted by molar-refractivity contribution is 6.32. The number of morpholine rings is 2. The van der Waals surface area contributed by atoms with Crippen LogP contribution in [0.4, 0.5) is 21.7 Å². The Balaban J connectivity index is 1.22. The molecule has 1 amide bonds. The Bertz CT molecular complexity index is 1570. The SMILES string of the molecule is COc1cc(N2CC3CN(C(=O)C(C)O)CC(C2)O3)ccc1Nc1ncc(Cl)c(-c2cnc3c(F)cccn23)n1. The zero-order valence-corrected chi connectivity index (χ0v) is 22.5. The number of anilines is 3. The number of methoxy groups -OCH3 is 1. The summed E-state index contributed by atoms with van der Waals surface area (Å²) in [5, 5.41) is 13.2. The number of amides is 1. The van der Waals surface area contributed by atoms with Gasteiger partial charge in [-0.25, -0.2) is 19.3 Å². The van der Waals surface area contributed by atoms with Crippen LogP contribution in [0.2, 0.25) is 5.02 Å². The molecule has 3 atom stereocenters. The molecule has 40 heavy (non-hydrogen) atoms. The molecule has 2 saturated heterocycles. The summed E-state index contributed by atoms with van der Waals surface area (Å²) in [6.07, 6.45) is 3.34. The minimum atomic E-state index is -1.03. The quantitative estimate of drug-likeness (QED) is 0.362. The van der Waals surface area contributed by atoms with Crippen LogP contribution in [0.15, 0.2) is 48.9 Å². The maximum Gasteiger partial charge on any atom is 0.251 e. The van der Waals surface area contributed by atoms with Gasteiger partial charge in [-0.2, -0.15) is 0 Å². The van der Waals surface area contributed by atoms with Crippen LogP contribution in [0.25, 0.3) is 17.0 Å². The molecule has 2 bridgehead atoms. The van der Waals surface area contributed by atoms with Gasteiger partial charge in [0.25, 0.3) is 5.91 Å². The summed E-state index contributed by atoms with van der Waals surface area (Å²) in [6.45, 7) is 3.55. The van der Waals surface area contributed by atoms with Gasteiger partial charge in [-0.05, 0) is 31.2 Å². The number of aromatic nitrogens is 4.